The van der Waals surface area contributed by atoms with Gasteiger partial charge in [-0.15, -0.1) is 0 Å². The molecule has 1 aliphatic carbocycles. The van der Waals surface area contributed by atoms with E-state index in [4.69, 9.17) is 14.2 Å². The average Bonchev–Trinajstić information content (AvgIpc) is 3.23. The minimum absolute atomic E-state index is 0.109. The summed E-state index contributed by atoms with van der Waals surface area (Å²) in [6.45, 7) is 4.58. The fraction of sp³-hybridized carbons (Fsp3) is 0.360. The molecule has 2 fully saturated rings. The maximum atomic E-state index is 12.5. The van der Waals surface area contributed by atoms with E-state index in [0.29, 0.717) is 36.6 Å². The topological polar surface area (TPSA) is 73.9 Å². The second-order valence-corrected chi connectivity index (χ2v) is 8.36. The Bertz CT molecular complexity index is 1010. The fourth-order valence-corrected chi connectivity index (χ4v) is 4.71. The van der Waals surface area contributed by atoms with Crippen LogP contribution in [0.15, 0.2) is 54.6 Å². The Kier molecular flexibility index (Phi) is 5.72. The van der Waals surface area contributed by atoms with Crippen molar-refractivity contribution in [2.45, 2.75) is 25.7 Å². The molecule has 1 saturated carbocycles. The predicted molar refractivity (Wildman–Crippen MR) is 117 cm³/mol. The molecule has 1 N–H and O–H groups in total. The number of cyclic esters (lactones) is 1. The number of carbonyl (C=O) groups excluding carboxylic acids is 2. The average molecular weight is 421 g/mol. The lowest BCUT2D eigenvalue weighted by atomic mass is 9.75. The van der Waals surface area contributed by atoms with Gasteiger partial charge >= 0.3 is 5.97 Å². The van der Waals surface area contributed by atoms with Gasteiger partial charge in [0.2, 0.25) is 5.91 Å². The summed E-state index contributed by atoms with van der Waals surface area (Å²) in [6, 6.07) is 13.0. The van der Waals surface area contributed by atoms with E-state index in [1.165, 1.54) is 0 Å². The summed E-state index contributed by atoms with van der Waals surface area (Å²) in [5.74, 6) is 1.25. The first-order valence-electron chi connectivity index (χ1n) is 10.4. The van der Waals surface area contributed by atoms with Crippen molar-refractivity contribution in [3.8, 4) is 11.5 Å². The van der Waals surface area contributed by atoms with Gasteiger partial charge in [-0.3, -0.25) is 9.59 Å². The zero-order chi connectivity index (χ0) is 22.0. The Balaban J connectivity index is 1.40. The Morgan fingerprint density at radius 2 is 1.97 bits per heavy atom. The van der Waals surface area contributed by atoms with Gasteiger partial charge in [-0.2, -0.15) is 0 Å². The van der Waals surface area contributed by atoms with Crippen LogP contribution in [0.1, 0.15) is 24.0 Å². The molecule has 1 saturated heterocycles. The number of methoxy groups -OCH3 is 2. The Morgan fingerprint density at radius 1 is 1.19 bits per heavy atom. The molecule has 6 heteroatoms. The molecule has 2 aliphatic rings. The lowest BCUT2D eigenvalue weighted by Gasteiger charge is -2.24. The van der Waals surface area contributed by atoms with Crippen molar-refractivity contribution in [1.29, 1.82) is 0 Å². The molecule has 1 heterocycles. The van der Waals surface area contributed by atoms with Crippen LogP contribution >= 0.6 is 0 Å². The number of carbonyl (C=O) groups is 2. The zero-order valence-corrected chi connectivity index (χ0v) is 17.9. The minimum Gasteiger partial charge on any atom is -0.497 e. The number of hydrogen-bond donors (Lipinski definition) is 1. The van der Waals surface area contributed by atoms with Crippen LogP contribution in [0.4, 0.5) is 5.69 Å². The molecule has 162 valence electrons. The number of benzene rings is 2. The second kappa shape index (κ2) is 8.46. The third kappa shape index (κ3) is 4.15. The summed E-state index contributed by atoms with van der Waals surface area (Å²) in [6.07, 6.45) is 2.37. The highest BCUT2D eigenvalue weighted by Gasteiger charge is 2.55. The number of anilines is 1. The maximum Gasteiger partial charge on any atom is 0.313 e. The van der Waals surface area contributed by atoms with Crippen LogP contribution in [-0.4, -0.2) is 32.7 Å². The Hall–Kier alpha value is -3.28. The smallest absolute Gasteiger partial charge is 0.313 e. The van der Waals surface area contributed by atoms with Crippen LogP contribution in [0.3, 0.4) is 0 Å². The van der Waals surface area contributed by atoms with E-state index >= 15 is 0 Å². The van der Waals surface area contributed by atoms with E-state index in [0.717, 1.165) is 23.1 Å². The van der Waals surface area contributed by atoms with E-state index in [9.17, 15) is 9.59 Å². The molecule has 0 spiro atoms. The number of amides is 1. The van der Waals surface area contributed by atoms with Crippen molar-refractivity contribution in [3.05, 3.63) is 65.7 Å². The Labute approximate surface area is 182 Å². The molecule has 1 amide bonds. The summed E-state index contributed by atoms with van der Waals surface area (Å²) in [5, 5.41) is 2.92. The standard InChI is InChI=1S/C25H27NO5/c1-16-10-19-15-31-24(28)25(19,13-16)14-17-4-7-20(8-5-17)26-23(27)11-18-6-9-21(29-2)12-22(18)30-3/h4-9,12,19H,1,10-11,13-15H2,2-3H3,(H,26,27). The van der Waals surface area contributed by atoms with Crippen LogP contribution in [-0.2, 0) is 27.2 Å². The van der Waals surface area contributed by atoms with Crippen molar-refractivity contribution >= 4 is 17.6 Å². The van der Waals surface area contributed by atoms with Gasteiger partial charge in [-0.1, -0.05) is 30.4 Å². The number of allylic oxidation sites excluding steroid dienone is 1. The van der Waals surface area contributed by atoms with Crippen LogP contribution in [0, 0.1) is 11.3 Å². The van der Waals surface area contributed by atoms with Crippen molar-refractivity contribution in [1.82, 2.24) is 0 Å². The molecule has 6 nitrogen and oxygen atoms in total. The minimum atomic E-state index is -0.479. The highest BCUT2D eigenvalue weighted by molar-refractivity contribution is 5.92. The van der Waals surface area contributed by atoms with Gasteiger partial charge in [0, 0.05) is 23.2 Å². The molecule has 0 radical (unpaired) electrons. The molecular weight excluding hydrogens is 394 g/mol. The molecule has 0 bridgehead atoms. The molecule has 1 aliphatic heterocycles. The monoisotopic (exact) mass is 421 g/mol. The molecule has 0 aromatic heterocycles. The number of fused-ring (bicyclic) bond motifs is 1. The summed E-state index contributed by atoms with van der Waals surface area (Å²) in [7, 11) is 3.15. The fourth-order valence-electron chi connectivity index (χ4n) is 4.71. The van der Waals surface area contributed by atoms with E-state index < -0.39 is 5.41 Å². The normalized spacial score (nSPS) is 22.1. The second-order valence-electron chi connectivity index (χ2n) is 8.36. The molecule has 4 rings (SSSR count). The molecule has 2 aromatic carbocycles. The summed E-state index contributed by atoms with van der Waals surface area (Å²) in [5.41, 5.74) is 3.18. The first-order valence-corrected chi connectivity index (χ1v) is 10.4. The number of nitrogens with one attached hydrogen (secondary N) is 1. The lowest BCUT2D eigenvalue weighted by molar-refractivity contribution is -0.146. The van der Waals surface area contributed by atoms with E-state index in [1.54, 1.807) is 26.4 Å². The SMILES string of the molecule is C=C1CC2COC(=O)C2(Cc2ccc(NC(=O)Cc3ccc(OC)cc3OC)cc2)C1. The number of hydrogen-bond acceptors (Lipinski definition) is 5. The van der Waals surface area contributed by atoms with Gasteiger partial charge in [0.25, 0.3) is 0 Å². The van der Waals surface area contributed by atoms with Crippen LogP contribution < -0.4 is 14.8 Å². The van der Waals surface area contributed by atoms with Gasteiger partial charge in [0.1, 0.15) is 11.5 Å². The van der Waals surface area contributed by atoms with Crippen LogP contribution in [0.25, 0.3) is 0 Å². The third-order valence-corrected chi connectivity index (χ3v) is 6.31. The van der Waals surface area contributed by atoms with Crippen LogP contribution in [0.2, 0.25) is 0 Å². The summed E-state index contributed by atoms with van der Waals surface area (Å²) < 4.78 is 15.9. The Morgan fingerprint density at radius 3 is 2.68 bits per heavy atom. The van der Waals surface area contributed by atoms with Gasteiger partial charge in [0.05, 0.1) is 32.7 Å². The molecule has 2 aromatic rings. The number of ether oxygens (including phenoxy) is 3. The quantitative estimate of drug-likeness (QED) is 0.542. The summed E-state index contributed by atoms with van der Waals surface area (Å²) >= 11 is 0. The molecule has 31 heavy (non-hydrogen) atoms. The van der Waals surface area contributed by atoms with E-state index in [-0.39, 0.29) is 24.2 Å². The van der Waals surface area contributed by atoms with Gasteiger partial charge in [0.15, 0.2) is 0 Å². The van der Waals surface area contributed by atoms with Gasteiger partial charge in [-0.05, 0) is 43.0 Å². The van der Waals surface area contributed by atoms with Crippen molar-refractivity contribution in [3.63, 3.8) is 0 Å². The highest BCUT2D eigenvalue weighted by atomic mass is 16.5. The molecule has 2 atom stereocenters. The van der Waals surface area contributed by atoms with Crippen LogP contribution in [0.5, 0.6) is 11.5 Å². The maximum absolute atomic E-state index is 12.5. The predicted octanol–water partition coefficient (Wildman–Crippen LogP) is 3.94. The van der Waals surface area contributed by atoms with Crippen molar-refractivity contribution < 1.29 is 23.8 Å². The summed E-state index contributed by atoms with van der Waals surface area (Å²) in [4.78, 5) is 25.0. The van der Waals surface area contributed by atoms with E-state index in [2.05, 4.69) is 11.9 Å². The molecular formula is C25H27NO5. The first-order chi connectivity index (χ1) is 14.9. The van der Waals surface area contributed by atoms with Crippen molar-refractivity contribution in [2.75, 3.05) is 26.1 Å². The number of rotatable bonds is 7. The lowest BCUT2D eigenvalue weighted by Crippen LogP contribution is -2.31. The number of esters is 1. The third-order valence-electron chi connectivity index (χ3n) is 6.31. The van der Waals surface area contributed by atoms with Gasteiger partial charge in [-0.25, -0.2) is 0 Å². The van der Waals surface area contributed by atoms with E-state index in [1.807, 2.05) is 30.3 Å². The zero-order valence-electron chi connectivity index (χ0n) is 17.9. The first kappa shape index (κ1) is 21.0. The van der Waals surface area contributed by atoms with Crippen molar-refractivity contribution in [2.24, 2.45) is 11.3 Å². The molecule has 2 unspecified atom stereocenters. The largest absolute Gasteiger partial charge is 0.497 e. The van der Waals surface area contributed by atoms with Gasteiger partial charge < -0.3 is 19.5 Å². The highest BCUT2D eigenvalue weighted by Crippen LogP contribution is 2.52.